The molecule has 5 rings (SSSR count). The molecular formula is C30H27FN6O3. The molecule has 0 atom stereocenters. The number of benzene rings is 2. The summed E-state index contributed by atoms with van der Waals surface area (Å²) in [5.74, 6) is 1.53. The van der Waals surface area contributed by atoms with Gasteiger partial charge in [-0.15, -0.1) is 0 Å². The Morgan fingerprint density at radius 2 is 1.68 bits per heavy atom. The Labute approximate surface area is 229 Å². The molecule has 202 valence electrons. The van der Waals surface area contributed by atoms with Gasteiger partial charge in [0.1, 0.15) is 29.0 Å². The Balaban J connectivity index is 1.48. The maximum Gasteiger partial charge on any atom is 0.320 e. The van der Waals surface area contributed by atoms with Crippen molar-refractivity contribution in [3.63, 3.8) is 0 Å². The van der Waals surface area contributed by atoms with E-state index in [1.165, 1.54) is 19.2 Å². The number of pyridine rings is 3. The Bertz CT molecular complexity index is 1800. The zero-order valence-corrected chi connectivity index (χ0v) is 22.4. The average Bonchev–Trinajstić information content (AvgIpc) is 2.94. The monoisotopic (exact) mass is 538 g/mol. The van der Waals surface area contributed by atoms with Crippen LogP contribution in [0, 0.1) is 26.6 Å². The highest BCUT2D eigenvalue weighted by atomic mass is 19.1. The quantitative estimate of drug-likeness (QED) is 0.240. The fraction of sp³-hybridized carbons (Fsp3) is 0.133. The van der Waals surface area contributed by atoms with Gasteiger partial charge in [-0.05, 0) is 91.9 Å². The first kappa shape index (κ1) is 26.4. The molecule has 10 heteroatoms. The molecule has 0 saturated carbocycles. The van der Waals surface area contributed by atoms with Crippen molar-refractivity contribution in [2.24, 2.45) is 0 Å². The van der Waals surface area contributed by atoms with E-state index in [1.807, 2.05) is 39.0 Å². The second kappa shape index (κ2) is 10.9. The van der Waals surface area contributed by atoms with Gasteiger partial charge < -0.3 is 15.4 Å². The fourth-order valence-corrected chi connectivity index (χ4v) is 4.41. The Kier molecular flexibility index (Phi) is 7.15. The van der Waals surface area contributed by atoms with Crippen molar-refractivity contribution in [3.8, 4) is 17.2 Å². The van der Waals surface area contributed by atoms with Gasteiger partial charge in [0.2, 0.25) is 0 Å². The van der Waals surface area contributed by atoms with E-state index in [0.29, 0.717) is 34.2 Å². The van der Waals surface area contributed by atoms with Crippen LogP contribution in [0.3, 0.4) is 0 Å². The van der Waals surface area contributed by atoms with E-state index in [9.17, 15) is 14.0 Å². The van der Waals surface area contributed by atoms with Crippen LogP contribution in [-0.2, 0) is 0 Å². The number of halogens is 1. The van der Waals surface area contributed by atoms with Gasteiger partial charge in [0.25, 0.3) is 5.56 Å². The van der Waals surface area contributed by atoms with Crippen molar-refractivity contribution < 1.29 is 13.9 Å². The fourth-order valence-electron chi connectivity index (χ4n) is 4.41. The number of hydrogen-bond donors (Lipinski definition) is 3. The van der Waals surface area contributed by atoms with Crippen molar-refractivity contribution in [3.05, 3.63) is 106 Å². The van der Waals surface area contributed by atoms with Gasteiger partial charge in [-0.3, -0.25) is 14.7 Å². The molecule has 0 aliphatic rings. The minimum absolute atomic E-state index is 0.259. The highest BCUT2D eigenvalue weighted by Gasteiger charge is 2.16. The third kappa shape index (κ3) is 5.19. The molecule has 5 aromatic rings. The van der Waals surface area contributed by atoms with Crippen molar-refractivity contribution in [2.45, 2.75) is 20.8 Å². The molecule has 3 aromatic heterocycles. The molecule has 0 fully saturated rings. The number of carbonyl (C=O) groups excluding carboxylic acids is 1. The number of fused-ring (bicyclic) bond motifs is 1. The van der Waals surface area contributed by atoms with Crippen LogP contribution >= 0.6 is 0 Å². The van der Waals surface area contributed by atoms with E-state index in [0.717, 1.165) is 27.9 Å². The molecule has 0 saturated heterocycles. The molecule has 2 amide bonds. The number of carbonyl (C=O) groups is 1. The van der Waals surface area contributed by atoms with Gasteiger partial charge in [0.05, 0.1) is 5.39 Å². The van der Waals surface area contributed by atoms with Gasteiger partial charge in [-0.25, -0.2) is 19.2 Å². The minimum Gasteiger partial charge on any atom is -0.457 e. The number of hydrogen-bond acceptors (Lipinski definition) is 6. The van der Waals surface area contributed by atoms with Gasteiger partial charge in [0, 0.05) is 42.6 Å². The summed E-state index contributed by atoms with van der Waals surface area (Å²) in [5.41, 5.74) is 3.57. The molecule has 3 heterocycles. The highest BCUT2D eigenvalue weighted by molar-refractivity contribution is 5.93. The number of rotatable bonds is 6. The van der Waals surface area contributed by atoms with Crippen LogP contribution in [-0.4, -0.2) is 27.6 Å². The first-order valence-electron chi connectivity index (χ1n) is 12.5. The van der Waals surface area contributed by atoms with Crippen molar-refractivity contribution in [2.75, 3.05) is 17.7 Å². The first-order chi connectivity index (χ1) is 19.2. The Hall–Kier alpha value is -5.25. The van der Waals surface area contributed by atoms with Crippen LogP contribution in [0.2, 0.25) is 0 Å². The van der Waals surface area contributed by atoms with E-state index in [2.05, 4.69) is 25.9 Å². The third-order valence-electron chi connectivity index (χ3n) is 6.62. The van der Waals surface area contributed by atoms with Crippen LogP contribution in [0.5, 0.6) is 11.5 Å². The van der Waals surface area contributed by atoms with Crippen molar-refractivity contribution >= 4 is 34.1 Å². The summed E-state index contributed by atoms with van der Waals surface area (Å²) >= 11 is 0. The van der Waals surface area contributed by atoms with Crippen LogP contribution < -0.4 is 26.2 Å². The first-order valence-corrected chi connectivity index (χ1v) is 12.5. The summed E-state index contributed by atoms with van der Waals surface area (Å²) < 4.78 is 21.2. The summed E-state index contributed by atoms with van der Waals surface area (Å²) in [6.45, 7) is 5.72. The molecule has 0 aliphatic heterocycles. The third-order valence-corrected chi connectivity index (χ3v) is 6.62. The highest BCUT2D eigenvalue weighted by Crippen LogP contribution is 2.33. The SMILES string of the molecule is CNC(=O)Nc1cc(Oc2ccc(Nc3nccc4cc(C)n(-c5ccc(F)cc5)c(=O)c34)c(C)c2C)ccn1. The molecule has 0 aliphatic carbocycles. The maximum atomic E-state index is 13.7. The van der Waals surface area contributed by atoms with Gasteiger partial charge in [-0.2, -0.15) is 0 Å². The minimum atomic E-state index is -0.381. The molecule has 0 unspecified atom stereocenters. The van der Waals surface area contributed by atoms with Crippen LogP contribution in [0.1, 0.15) is 16.8 Å². The van der Waals surface area contributed by atoms with Crippen molar-refractivity contribution in [1.29, 1.82) is 0 Å². The van der Waals surface area contributed by atoms with E-state index < -0.39 is 0 Å². The number of nitrogens with one attached hydrogen (secondary N) is 3. The maximum absolute atomic E-state index is 13.7. The number of aromatic nitrogens is 3. The Morgan fingerprint density at radius 3 is 2.42 bits per heavy atom. The predicted molar refractivity (Wildman–Crippen MR) is 154 cm³/mol. The molecule has 3 N–H and O–H groups in total. The summed E-state index contributed by atoms with van der Waals surface area (Å²) in [6.07, 6.45) is 3.20. The topological polar surface area (TPSA) is 110 Å². The molecule has 40 heavy (non-hydrogen) atoms. The summed E-state index contributed by atoms with van der Waals surface area (Å²) in [5, 5.41) is 9.59. The van der Waals surface area contributed by atoms with Crippen LogP contribution in [0.25, 0.3) is 16.5 Å². The number of aryl methyl sites for hydroxylation is 1. The molecule has 9 nitrogen and oxygen atoms in total. The summed E-state index contributed by atoms with van der Waals surface area (Å²) in [6, 6.07) is 16.1. The second-order valence-electron chi connectivity index (χ2n) is 9.20. The van der Waals surface area contributed by atoms with E-state index >= 15 is 0 Å². The number of ether oxygens (including phenoxy) is 1. The average molecular weight is 539 g/mol. The second-order valence-corrected chi connectivity index (χ2v) is 9.20. The molecule has 0 spiro atoms. The van der Waals surface area contributed by atoms with Gasteiger partial charge in [0.15, 0.2) is 0 Å². The lowest BCUT2D eigenvalue weighted by molar-refractivity contribution is 0.254. The molecule has 2 aromatic carbocycles. The summed E-state index contributed by atoms with van der Waals surface area (Å²) in [7, 11) is 1.52. The Morgan fingerprint density at radius 1 is 0.925 bits per heavy atom. The standard InChI is InChI=1S/C30H27FN6O3/c1-17-15-20-11-13-34-28(27(20)29(38)37(17)22-7-5-21(31)6-8-22)35-24-9-10-25(19(3)18(24)2)40-23-12-14-33-26(16-23)36-30(39)32-4/h5-16H,1-4H3,(H,34,35)(H2,32,33,36,39). The number of amides is 2. The van der Waals surface area contributed by atoms with E-state index in [-0.39, 0.29) is 17.4 Å². The molecular weight excluding hydrogens is 511 g/mol. The number of anilines is 3. The van der Waals surface area contributed by atoms with Crippen LogP contribution in [0.4, 0.5) is 26.5 Å². The predicted octanol–water partition coefficient (Wildman–Crippen LogP) is 6.13. The lowest BCUT2D eigenvalue weighted by Gasteiger charge is -2.17. The molecule has 0 radical (unpaired) electrons. The normalized spacial score (nSPS) is 10.8. The van der Waals surface area contributed by atoms with Gasteiger partial charge in [-0.1, -0.05) is 0 Å². The summed E-state index contributed by atoms with van der Waals surface area (Å²) in [4.78, 5) is 33.9. The zero-order chi connectivity index (χ0) is 28.4. The lowest BCUT2D eigenvalue weighted by atomic mass is 10.1. The van der Waals surface area contributed by atoms with E-state index in [1.54, 1.807) is 47.3 Å². The molecule has 0 bridgehead atoms. The largest absolute Gasteiger partial charge is 0.457 e. The number of urea groups is 1. The number of nitrogens with zero attached hydrogens (tertiary/aromatic N) is 3. The zero-order valence-electron chi connectivity index (χ0n) is 22.4. The lowest BCUT2D eigenvalue weighted by Crippen LogP contribution is -2.24. The van der Waals surface area contributed by atoms with E-state index in [4.69, 9.17) is 4.74 Å². The van der Waals surface area contributed by atoms with Crippen molar-refractivity contribution in [1.82, 2.24) is 19.9 Å². The smallest absolute Gasteiger partial charge is 0.320 e. The van der Waals surface area contributed by atoms with Gasteiger partial charge >= 0.3 is 6.03 Å². The van der Waals surface area contributed by atoms with Crippen LogP contribution in [0.15, 0.2) is 77.9 Å².